The van der Waals surface area contributed by atoms with Gasteiger partial charge in [0.2, 0.25) is 0 Å². The van der Waals surface area contributed by atoms with E-state index in [0.717, 1.165) is 17.7 Å². The van der Waals surface area contributed by atoms with Crippen LogP contribution in [0, 0.1) is 11.6 Å². The predicted octanol–water partition coefficient (Wildman–Crippen LogP) is 3.44. The average Bonchev–Trinajstić information content (AvgIpc) is 2.66. The van der Waals surface area contributed by atoms with Crippen LogP contribution in [0.4, 0.5) is 14.5 Å². The highest BCUT2D eigenvalue weighted by Gasteiger charge is 2.10. The molecule has 138 valence electrons. The number of pyridine rings is 1. The number of hydrogen-bond acceptors (Lipinski definition) is 3. The Balaban J connectivity index is 1.82. The first-order chi connectivity index (χ1) is 13.0. The highest BCUT2D eigenvalue weighted by Crippen LogP contribution is 2.15. The number of carbonyl (C=O) groups is 1. The van der Waals surface area contributed by atoms with E-state index in [2.05, 4.69) is 5.32 Å². The summed E-state index contributed by atoms with van der Waals surface area (Å²) in [5, 5.41) is 2.47. The Morgan fingerprint density at radius 1 is 1.07 bits per heavy atom. The molecule has 3 rings (SSSR count). The van der Waals surface area contributed by atoms with Gasteiger partial charge in [0.05, 0.1) is 19.2 Å². The number of nitrogens with zero attached hydrogens (tertiary/aromatic N) is 1. The Morgan fingerprint density at radius 3 is 2.63 bits per heavy atom. The average molecular weight is 370 g/mol. The van der Waals surface area contributed by atoms with Gasteiger partial charge >= 0.3 is 0 Å². The second-order valence-corrected chi connectivity index (χ2v) is 5.82. The van der Waals surface area contributed by atoms with Crippen molar-refractivity contribution in [1.82, 2.24) is 4.57 Å². The van der Waals surface area contributed by atoms with E-state index in [1.807, 2.05) is 6.07 Å². The number of amides is 1. The van der Waals surface area contributed by atoms with E-state index in [1.54, 1.807) is 25.3 Å². The minimum absolute atomic E-state index is 0.115. The van der Waals surface area contributed by atoms with Gasteiger partial charge in [-0.3, -0.25) is 9.59 Å². The van der Waals surface area contributed by atoms with E-state index in [9.17, 15) is 18.4 Å². The number of halogens is 2. The molecule has 3 aromatic rings. The maximum atomic E-state index is 13.3. The van der Waals surface area contributed by atoms with Crippen molar-refractivity contribution in [3.05, 3.63) is 93.9 Å². The van der Waals surface area contributed by atoms with Crippen LogP contribution in [-0.2, 0) is 6.54 Å². The maximum absolute atomic E-state index is 13.3. The number of rotatable bonds is 5. The molecule has 0 atom stereocenters. The second-order valence-electron chi connectivity index (χ2n) is 5.82. The van der Waals surface area contributed by atoms with Crippen molar-refractivity contribution >= 4 is 11.6 Å². The van der Waals surface area contributed by atoms with Crippen LogP contribution in [0.1, 0.15) is 15.9 Å². The van der Waals surface area contributed by atoms with Crippen LogP contribution in [0.5, 0.6) is 5.75 Å². The van der Waals surface area contributed by atoms with Crippen molar-refractivity contribution in [2.75, 3.05) is 12.4 Å². The minimum atomic E-state index is -1.06. The quantitative estimate of drug-likeness (QED) is 0.749. The summed E-state index contributed by atoms with van der Waals surface area (Å²) in [7, 11) is 1.55. The summed E-state index contributed by atoms with van der Waals surface area (Å²) >= 11 is 0. The van der Waals surface area contributed by atoms with Crippen molar-refractivity contribution in [2.45, 2.75) is 6.54 Å². The molecule has 0 bridgehead atoms. The lowest BCUT2D eigenvalue weighted by molar-refractivity contribution is 0.102. The number of carbonyl (C=O) groups excluding carboxylic acids is 1. The molecule has 5 nitrogen and oxygen atoms in total. The molecule has 0 unspecified atom stereocenters. The number of ether oxygens (including phenoxy) is 1. The third-order valence-electron chi connectivity index (χ3n) is 3.91. The van der Waals surface area contributed by atoms with Gasteiger partial charge < -0.3 is 14.6 Å². The standard InChI is InChI=1S/C20H16F2N2O3/c1-27-16-4-2-3-13(9-16)11-24-12-14(5-8-19(24)25)20(26)23-15-6-7-17(21)18(22)10-15/h2-10,12H,11H2,1H3,(H,23,26). The number of nitrogens with one attached hydrogen (secondary N) is 1. The molecule has 0 saturated carbocycles. The van der Waals surface area contributed by atoms with Crippen molar-refractivity contribution in [2.24, 2.45) is 0 Å². The topological polar surface area (TPSA) is 60.3 Å². The van der Waals surface area contributed by atoms with Gasteiger partial charge in [-0.1, -0.05) is 12.1 Å². The van der Waals surface area contributed by atoms with Gasteiger partial charge in [0, 0.05) is 24.0 Å². The van der Waals surface area contributed by atoms with Crippen LogP contribution in [0.2, 0.25) is 0 Å². The highest BCUT2D eigenvalue weighted by atomic mass is 19.2. The number of benzene rings is 2. The van der Waals surface area contributed by atoms with Gasteiger partial charge in [0.1, 0.15) is 5.75 Å². The second kappa shape index (κ2) is 7.82. The van der Waals surface area contributed by atoms with E-state index >= 15 is 0 Å². The van der Waals surface area contributed by atoms with Crippen molar-refractivity contribution in [3.8, 4) is 5.75 Å². The van der Waals surface area contributed by atoms with E-state index in [0.29, 0.717) is 5.75 Å². The van der Waals surface area contributed by atoms with Crippen molar-refractivity contribution in [3.63, 3.8) is 0 Å². The van der Waals surface area contributed by atoms with Gasteiger partial charge in [0.25, 0.3) is 11.5 Å². The Morgan fingerprint density at radius 2 is 1.89 bits per heavy atom. The van der Waals surface area contributed by atoms with Crippen LogP contribution in [0.3, 0.4) is 0 Å². The fourth-order valence-electron chi connectivity index (χ4n) is 2.53. The summed E-state index contributed by atoms with van der Waals surface area (Å²) in [4.78, 5) is 24.5. The largest absolute Gasteiger partial charge is 0.497 e. The van der Waals surface area contributed by atoms with E-state index in [4.69, 9.17) is 4.74 Å². The first-order valence-electron chi connectivity index (χ1n) is 8.06. The summed E-state index contributed by atoms with van der Waals surface area (Å²) in [5.41, 5.74) is 0.878. The van der Waals surface area contributed by atoms with E-state index in [-0.39, 0.29) is 23.4 Å². The third kappa shape index (κ3) is 4.38. The summed E-state index contributed by atoms with van der Waals surface area (Å²) in [5.74, 6) is -1.94. The van der Waals surface area contributed by atoms with Crippen LogP contribution >= 0.6 is 0 Å². The predicted molar refractivity (Wildman–Crippen MR) is 97.1 cm³/mol. The molecule has 0 saturated heterocycles. The molecule has 7 heteroatoms. The van der Waals surface area contributed by atoms with Gasteiger partial charge in [0.15, 0.2) is 11.6 Å². The molecule has 0 radical (unpaired) electrons. The Kier molecular flexibility index (Phi) is 5.30. The third-order valence-corrected chi connectivity index (χ3v) is 3.91. The smallest absolute Gasteiger partial charge is 0.257 e. The molecule has 0 aliphatic rings. The molecule has 0 aliphatic carbocycles. The van der Waals surface area contributed by atoms with Gasteiger partial charge in [-0.15, -0.1) is 0 Å². The minimum Gasteiger partial charge on any atom is -0.497 e. The SMILES string of the molecule is COc1cccc(Cn2cc(C(=O)Nc3ccc(F)c(F)c3)ccc2=O)c1. The lowest BCUT2D eigenvalue weighted by Crippen LogP contribution is -2.22. The Hall–Kier alpha value is -3.48. The molecule has 1 heterocycles. The molecule has 0 aliphatic heterocycles. The van der Waals surface area contributed by atoms with Crippen molar-refractivity contribution in [1.29, 1.82) is 0 Å². The normalized spacial score (nSPS) is 10.5. The maximum Gasteiger partial charge on any atom is 0.257 e. The zero-order valence-corrected chi connectivity index (χ0v) is 14.4. The van der Waals surface area contributed by atoms with Gasteiger partial charge in [-0.2, -0.15) is 0 Å². The fourth-order valence-corrected chi connectivity index (χ4v) is 2.53. The van der Waals surface area contributed by atoms with Crippen LogP contribution in [0.15, 0.2) is 65.6 Å². The summed E-state index contributed by atoms with van der Waals surface area (Å²) in [6, 6.07) is 12.9. The first-order valence-corrected chi connectivity index (χ1v) is 8.06. The summed E-state index contributed by atoms with van der Waals surface area (Å²) in [6.45, 7) is 0.252. The first kappa shape index (κ1) is 18.3. The molecule has 27 heavy (non-hydrogen) atoms. The monoisotopic (exact) mass is 370 g/mol. The summed E-state index contributed by atoms with van der Waals surface area (Å²) in [6.07, 6.45) is 1.41. The highest BCUT2D eigenvalue weighted by molar-refractivity contribution is 6.04. The van der Waals surface area contributed by atoms with Crippen LogP contribution in [-0.4, -0.2) is 17.6 Å². The lowest BCUT2D eigenvalue weighted by atomic mass is 10.2. The number of anilines is 1. The zero-order valence-electron chi connectivity index (χ0n) is 14.4. The zero-order chi connectivity index (χ0) is 19.4. The van der Waals surface area contributed by atoms with E-state index < -0.39 is 17.5 Å². The number of methoxy groups -OCH3 is 1. The Bertz CT molecular complexity index is 1050. The molecule has 1 aromatic heterocycles. The molecule has 0 fully saturated rings. The van der Waals surface area contributed by atoms with E-state index in [1.165, 1.54) is 29.0 Å². The molecule has 1 amide bonds. The fraction of sp³-hybridized carbons (Fsp3) is 0.100. The van der Waals surface area contributed by atoms with Crippen molar-refractivity contribution < 1.29 is 18.3 Å². The number of hydrogen-bond donors (Lipinski definition) is 1. The molecular weight excluding hydrogens is 354 g/mol. The molecule has 0 spiro atoms. The molecular formula is C20H16F2N2O3. The lowest BCUT2D eigenvalue weighted by Gasteiger charge is -2.10. The van der Waals surface area contributed by atoms with Gasteiger partial charge in [-0.25, -0.2) is 8.78 Å². The molecule has 1 N–H and O–H groups in total. The van der Waals surface area contributed by atoms with Gasteiger partial charge in [-0.05, 0) is 35.9 Å². The summed E-state index contributed by atoms with van der Waals surface area (Å²) < 4.78 is 32.8. The van der Waals surface area contributed by atoms with Crippen LogP contribution < -0.4 is 15.6 Å². The van der Waals surface area contributed by atoms with Crippen LogP contribution in [0.25, 0.3) is 0 Å². The number of aromatic nitrogens is 1. The molecule has 2 aromatic carbocycles. The Labute approximate surface area is 153 Å².